The topological polar surface area (TPSA) is 77.3 Å². The summed E-state index contributed by atoms with van der Waals surface area (Å²) in [4.78, 5) is 11.2. The molecule has 33 heavy (non-hydrogen) atoms. The quantitative estimate of drug-likeness (QED) is 0.420. The SMILES string of the molecule is Cn1ccc(Nc2ncnc3ccc(Oc4ccc(OCCN5CCCCC5)cc4)cc23)n1. The van der Waals surface area contributed by atoms with Crippen molar-refractivity contribution in [3.63, 3.8) is 0 Å². The van der Waals surface area contributed by atoms with E-state index >= 15 is 0 Å². The van der Waals surface area contributed by atoms with E-state index in [9.17, 15) is 0 Å². The van der Waals surface area contributed by atoms with Crippen molar-refractivity contribution >= 4 is 22.5 Å². The van der Waals surface area contributed by atoms with Crippen molar-refractivity contribution < 1.29 is 9.47 Å². The van der Waals surface area contributed by atoms with Crippen LogP contribution in [0.1, 0.15) is 19.3 Å². The van der Waals surface area contributed by atoms with Gasteiger partial charge in [-0.05, 0) is 68.4 Å². The molecule has 1 aliphatic heterocycles. The molecule has 0 atom stereocenters. The Morgan fingerprint density at radius 2 is 1.70 bits per heavy atom. The molecule has 3 heterocycles. The van der Waals surface area contributed by atoms with Gasteiger partial charge in [0.25, 0.3) is 0 Å². The second kappa shape index (κ2) is 9.87. The van der Waals surface area contributed by atoms with Crippen LogP contribution in [0, 0.1) is 0 Å². The predicted octanol–water partition coefficient (Wildman–Crippen LogP) is 4.76. The molecule has 0 unspecified atom stereocenters. The number of fused-ring (bicyclic) bond motifs is 1. The van der Waals surface area contributed by atoms with Crippen molar-refractivity contribution in [3.8, 4) is 17.2 Å². The average molecular weight is 445 g/mol. The van der Waals surface area contributed by atoms with Gasteiger partial charge in [-0.25, -0.2) is 9.97 Å². The number of rotatable bonds is 8. The lowest BCUT2D eigenvalue weighted by atomic mass is 10.1. The summed E-state index contributed by atoms with van der Waals surface area (Å²) in [5, 5.41) is 8.47. The Labute approximate surface area is 193 Å². The van der Waals surface area contributed by atoms with Gasteiger partial charge in [0.15, 0.2) is 5.82 Å². The van der Waals surface area contributed by atoms with Crippen molar-refractivity contribution in [3.05, 3.63) is 61.1 Å². The first-order chi connectivity index (χ1) is 16.2. The molecule has 170 valence electrons. The number of likely N-dealkylation sites (tertiary alicyclic amines) is 1. The highest BCUT2D eigenvalue weighted by Gasteiger charge is 2.10. The Morgan fingerprint density at radius 1 is 0.909 bits per heavy atom. The first-order valence-electron chi connectivity index (χ1n) is 11.4. The second-order valence-electron chi connectivity index (χ2n) is 8.23. The van der Waals surface area contributed by atoms with E-state index < -0.39 is 0 Å². The van der Waals surface area contributed by atoms with Gasteiger partial charge in [0.1, 0.15) is 36.0 Å². The number of benzene rings is 2. The van der Waals surface area contributed by atoms with Gasteiger partial charge in [0.2, 0.25) is 0 Å². The number of anilines is 2. The highest BCUT2D eigenvalue weighted by atomic mass is 16.5. The number of aromatic nitrogens is 4. The van der Waals surface area contributed by atoms with E-state index in [4.69, 9.17) is 9.47 Å². The fourth-order valence-electron chi connectivity index (χ4n) is 4.02. The van der Waals surface area contributed by atoms with Gasteiger partial charge >= 0.3 is 0 Å². The molecule has 0 bridgehead atoms. The molecule has 0 amide bonds. The molecule has 5 rings (SSSR count). The molecule has 2 aromatic heterocycles. The molecule has 1 N–H and O–H groups in total. The predicted molar refractivity (Wildman–Crippen MR) is 128 cm³/mol. The van der Waals surface area contributed by atoms with E-state index in [1.54, 1.807) is 4.68 Å². The molecular weight excluding hydrogens is 416 g/mol. The lowest BCUT2D eigenvalue weighted by Gasteiger charge is -2.26. The number of hydrogen-bond acceptors (Lipinski definition) is 7. The molecular formula is C25H28N6O2. The molecule has 0 radical (unpaired) electrons. The van der Waals surface area contributed by atoms with Gasteiger partial charge < -0.3 is 14.8 Å². The summed E-state index contributed by atoms with van der Waals surface area (Å²) in [7, 11) is 1.88. The van der Waals surface area contributed by atoms with Crippen LogP contribution in [0.4, 0.5) is 11.6 Å². The van der Waals surface area contributed by atoms with Gasteiger partial charge in [-0.15, -0.1) is 0 Å². The maximum absolute atomic E-state index is 6.08. The summed E-state index contributed by atoms with van der Waals surface area (Å²) in [6, 6.07) is 15.4. The summed E-state index contributed by atoms with van der Waals surface area (Å²) in [5.74, 6) is 3.71. The Hall–Kier alpha value is -3.65. The van der Waals surface area contributed by atoms with Crippen molar-refractivity contribution in [2.75, 3.05) is 31.6 Å². The maximum Gasteiger partial charge on any atom is 0.153 e. The molecule has 0 spiro atoms. The van der Waals surface area contributed by atoms with Gasteiger partial charge in [-0.3, -0.25) is 9.58 Å². The highest BCUT2D eigenvalue weighted by molar-refractivity contribution is 5.91. The minimum absolute atomic E-state index is 0.682. The third-order valence-corrected chi connectivity index (χ3v) is 5.75. The zero-order chi connectivity index (χ0) is 22.5. The van der Waals surface area contributed by atoms with E-state index in [0.717, 1.165) is 34.8 Å². The number of nitrogens with zero attached hydrogens (tertiary/aromatic N) is 5. The van der Waals surface area contributed by atoms with E-state index in [1.807, 2.05) is 61.8 Å². The average Bonchev–Trinajstić information content (AvgIpc) is 3.26. The Kier molecular flexibility index (Phi) is 6.34. The second-order valence-corrected chi connectivity index (χ2v) is 8.23. The van der Waals surface area contributed by atoms with Crippen LogP contribution < -0.4 is 14.8 Å². The molecule has 8 heteroatoms. The summed E-state index contributed by atoms with van der Waals surface area (Å²) in [6.07, 6.45) is 7.37. The number of piperidine rings is 1. The zero-order valence-corrected chi connectivity index (χ0v) is 18.8. The molecule has 1 aliphatic rings. The van der Waals surface area contributed by atoms with Crippen LogP contribution in [0.25, 0.3) is 10.9 Å². The van der Waals surface area contributed by atoms with Crippen LogP contribution in [-0.4, -0.2) is 50.9 Å². The Balaban J connectivity index is 1.23. The molecule has 4 aromatic rings. The highest BCUT2D eigenvalue weighted by Crippen LogP contribution is 2.29. The fraction of sp³-hybridized carbons (Fsp3) is 0.320. The van der Waals surface area contributed by atoms with E-state index in [2.05, 4.69) is 25.3 Å². The number of aryl methyl sites for hydroxylation is 1. The maximum atomic E-state index is 6.08. The molecule has 0 saturated carbocycles. The largest absolute Gasteiger partial charge is 0.492 e. The zero-order valence-electron chi connectivity index (χ0n) is 18.8. The standard InChI is InChI=1S/C25H28N6O2/c1-30-14-11-24(29-30)28-25-22-17-21(9-10-23(22)26-18-27-25)33-20-7-5-19(6-8-20)32-16-15-31-12-3-2-4-13-31/h5-11,14,17-18H,2-4,12-13,15-16H2,1H3,(H,26,27,28,29). The van der Waals surface area contributed by atoms with Gasteiger partial charge in [-0.1, -0.05) is 6.42 Å². The minimum atomic E-state index is 0.682. The molecule has 8 nitrogen and oxygen atoms in total. The first-order valence-corrected chi connectivity index (χ1v) is 11.4. The summed E-state index contributed by atoms with van der Waals surface area (Å²) in [6.45, 7) is 4.06. The monoisotopic (exact) mass is 444 g/mol. The number of ether oxygens (including phenoxy) is 2. The molecule has 1 fully saturated rings. The summed E-state index contributed by atoms with van der Waals surface area (Å²) in [5.41, 5.74) is 0.827. The normalized spacial score (nSPS) is 14.3. The Morgan fingerprint density at radius 3 is 2.48 bits per heavy atom. The third kappa shape index (κ3) is 5.40. The fourth-order valence-corrected chi connectivity index (χ4v) is 4.02. The first kappa shape index (κ1) is 21.2. The van der Waals surface area contributed by atoms with Crippen LogP contribution in [0.15, 0.2) is 61.1 Å². The van der Waals surface area contributed by atoms with Gasteiger partial charge in [-0.2, -0.15) is 5.10 Å². The van der Waals surface area contributed by atoms with Crippen LogP contribution in [0.2, 0.25) is 0 Å². The van der Waals surface area contributed by atoms with E-state index in [1.165, 1.54) is 38.7 Å². The van der Waals surface area contributed by atoms with Crippen molar-refractivity contribution in [2.45, 2.75) is 19.3 Å². The van der Waals surface area contributed by atoms with Crippen LogP contribution in [-0.2, 0) is 7.05 Å². The van der Waals surface area contributed by atoms with E-state index in [0.29, 0.717) is 18.2 Å². The lowest BCUT2D eigenvalue weighted by Crippen LogP contribution is -2.33. The van der Waals surface area contributed by atoms with Crippen molar-refractivity contribution in [1.82, 2.24) is 24.6 Å². The summed E-state index contributed by atoms with van der Waals surface area (Å²) >= 11 is 0. The van der Waals surface area contributed by atoms with Gasteiger partial charge in [0, 0.05) is 31.2 Å². The van der Waals surface area contributed by atoms with Crippen LogP contribution >= 0.6 is 0 Å². The smallest absolute Gasteiger partial charge is 0.153 e. The minimum Gasteiger partial charge on any atom is -0.492 e. The third-order valence-electron chi connectivity index (χ3n) is 5.75. The summed E-state index contributed by atoms with van der Waals surface area (Å²) < 4.78 is 13.7. The molecule has 1 saturated heterocycles. The van der Waals surface area contributed by atoms with Crippen molar-refractivity contribution in [1.29, 1.82) is 0 Å². The van der Waals surface area contributed by atoms with Crippen molar-refractivity contribution in [2.24, 2.45) is 7.05 Å². The number of hydrogen-bond donors (Lipinski definition) is 1. The Bertz CT molecular complexity index is 1200. The van der Waals surface area contributed by atoms with Crippen LogP contribution in [0.5, 0.6) is 17.2 Å². The molecule has 2 aromatic carbocycles. The lowest BCUT2D eigenvalue weighted by molar-refractivity contribution is 0.183. The van der Waals surface area contributed by atoms with Gasteiger partial charge in [0.05, 0.1) is 5.52 Å². The van der Waals surface area contributed by atoms with E-state index in [-0.39, 0.29) is 0 Å². The van der Waals surface area contributed by atoms with Crippen LogP contribution in [0.3, 0.4) is 0 Å². The molecule has 0 aliphatic carbocycles. The number of nitrogens with one attached hydrogen (secondary N) is 1.